The zero-order chi connectivity index (χ0) is 16.1. The average Bonchev–Trinajstić information content (AvgIpc) is 2.59. The molecule has 0 aliphatic heterocycles. The Labute approximate surface area is 137 Å². The quantitative estimate of drug-likeness (QED) is 0.693. The Bertz CT molecular complexity index is 750. The zero-order valence-electron chi connectivity index (χ0n) is 13.6. The molecule has 1 heterocycles. The van der Waals surface area contributed by atoms with E-state index in [-0.39, 0.29) is 0 Å². The fraction of sp³-hybridized carbons (Fsp3) is 0.250. The van der Waals surface area contributed by atoms with Gasteiger partial charge in [-0.2, -0.15) is 0 Å². The van der Waals surface area contributed by atoms with Gasteiger partial charge in [0.05, 0.1) is 0 Å². The van der Waals surface area contributed by atoms with E-state index in [1.807, 2.05) is 30.5 Å². The van der Waals surface area contributed by atoms with E-state index in [0.29, 0.717) is 12.6 Å². The Morgan fingerprint density at radius 1 is 0.957 bits per heavy atom. The molecule has 1 atom stereocenters. The Morgan fingerprint density at radius 2 is 1.74 bits per heavy atom. The molecule has 0 amide bonds. The first kappa shape index (κ1) is 15.5. The second-order valence-electron chi connectivity index (χ2n) is 5.95. The number of hydrogen-bond donors (Lipinski definition) is 0. The highest BCUT2D eigenvalue weighted by Gasteiger charge is 2.14. The van der Waals surface area contributed by atoms with Gasteiger partial charge in [-0.25, -0.2) is 0 Å². The number of fused-ring (bicyclic) bond motifs is 1. The summed E-state index contributed by atoms with van der Waals surface area (Å²) in [4.78, 5) is 6.66. The topological polar surface area (TPSA) is 25.4 Å². The average molecular weight is 306 g/mol. The third-order valence-corrected chi connectivity index (χ3v) is 4.07. The van der Waals surface area contributed by atoms with Gasteiger partial charge >= 0.3 is 0 Å². The predicted molar refractivity (Wildman–Crippen MR) is 94.9 cm³/mol. The first-order chi connectivity index (χ1) is 11.2. The molecule has 3 rings (SSSR count). The van der Waals surface area contributed by atoms with Gasteiger partial charge in [0.25, 0.3) is 0 Å². The highest BCUT2D eigenvalue weighted by molar-refractivity contribution is 5.84. The molecular weight excluding hydrogens is 284 g/mol. The van der Waals surface area contributed by atoms with Crippen LogP contribution in [0.4, 0.5) is 0 Å². The molecule has 0 bridgehead atoms. The van der Waals surface area contributed by atoms with Crippen LogP contribution in [0.25, 0.3) is 10.9 Å². The number of pyridine rings is 1. The van der Waals surface area contributed by atoms with Gasteiger partial charge in [0.1, 0.15) is 17.9 Å². The van der Waals surface area contributed by atoms with Gasteiger partial charge in [-0.3, -0.25) is 4.98 Å². The highest BCUT2D eigenvalue weighted by Crippen LogP contribution is 2.23. The van der Waals surface area contributed by atoms with Crippen molar-refractivity contribution < 1.29 is 4.74 Å². The van der Waals surface area contributed by atoms with Crippen LogP contribution in [0.1, 0.15) is 5.56 Å². The lowest BCUT2D eigenvalue weighted by atomic mass is 10.1. The normalized spacial score (nSPS) is 12.5. The molecule has 23 heavy (non-hydrogen) atoms. The van der Waals surface area contributed by atoms with Crippen LogP contribution < -0.4 is 4.74 Å². The smallest absolute Gasteiger partial charge is 0.145 e. The fourth-order valence-electron chi connectivity index (χ4n) is 2.66. The van der Waals surface area contributed by atoms with Crippen LogP contribution in [0.5, 0.6) is 5.75 Å². The standard InChI is InChI=1S/C20H22N2O/c1-22(2)18(14-16-8-4-3-5-9-16)15-23-19-12-6-10-17-11-7-13-21-20(17)19/h3-13,18H,14-15H2,1-2H3/t18-/m0/s1. The molecule has 0 N–H and O–H groups in total. The van der Waals surface area contributed by atoms with Gasteiger partial charge < -0.3 is 9.64 Å². The van der Waals surface area contributed by atoms with Crippen LogP contribution in [0.15, 0.2) is 66.9 Å². The summed E-state index contributed by atoms with van der Waals surface area (Å²) in [6.07, 6.45) is 2.77. The van der Waals surface area contributed by atoms with Crippen molar-refractivity contribution in [2.45, 2.75) is 12.5 Å². The molecule has 0 spiro atoms. The van der Waals surface area contributed by atoms with E-state index in [4.69, 9.17) is 4.74 Å². The minimum Gasteiger partial charge on any atom is -0.490 e. The lowest BCUT2D eigenvalue weighted by Gasteiger charge is -2.24. The molecular formula is C20H22N2O. The van der Waals surface area contributed by atoms with Crippen molar-refractivity contribution in [1.82, 2.24) is 9.88 Å². The number of rotatable bonds is 6. The van der Waals surface area contributed by atoms with E-state index in [9.17, 15) is 0 Å². The number of likely N-dealkylation sites (N-methyl/N-ethyl adjacent to an activating group) is 1. The van der Waals surface area contributed by atoms with E-state index in [0.717, 1.165) is 23.1 Å². The van der Waals surface area contributed by atoms with Crippen molar-refractivity contribution >= 4 is 10.9 Å². The van der Waals surface area contributed by atoms with E-state index in [1.54, 1.807) is 0 Å². The van der Waals surface area contributed by atoms with Gasteiger partial charge in [-0.05, 0) is 38.2 Å². The lowest BCUT2D eigenvalue weighted by Crippen LogP contribution is -2.35. The van der Waals surface area contributed by atoms with Crippen molar-refractivity contribution in [2.75, 3.05) is 20.7 Å². The molecule has 118 valence electrons. The maximum Gasteiger partial charge on any atom is 0.145 e. The van der Waals surface area contributed by atoms with Gasteiger partial charge in [-0.1, -0.05) is 48.5 Å². The summed E-state index contributed by atoms with van der Waals surface area (Å²) in [5.41, 5.74) is 2.25. The number of para-hydroxylation sites is 1. The summed E-state index contributed by atoms with van der Waals surface area (Å²) >= 11 is 0. The van der Waals surface area contributed by atoms with Crippen molar-refractivity contribution in [3.8, 4) is 5.75 Å². The van der Waals surface area contributed by atoms with Crippen LogP contribution in [-0.2, 0) is 6.42 Å². The number of aromatic nitrogens is 1. The third-order valence-electron chi connectivity index (χ3n) is 4.07. The Balaban J connectivity index is 1.73. The lowest BCUT2D eigenvalue weighted by molar-refractivity contribution is 0.185. The molecule has 0 aliphatic rings. The molecule has 3 heteroatoms. The highest BCUT2D eigenvalue weighted by atomic mass is 16.5. The number of benzene rings is 2. The monoisotopic (exact) mass is 306 g/mol. The van der Waals surface area contributed by atoms with Gasteiger partial charge in [0.2, 0.25) is 0 Å². The van der Waals surface area contributed by atoms with Crippen molar-refractivity contribution in [3.63, 3.8) is 0 Å². The summed E-state index contributed by atoms with van der Waals surface area (Å²) in [6.45, 7) is 0.636. The van der Waals surface area contributed by atoms with Crippen molar-refractivity contribution in [2.24, 2.45) is 0 Å². The first-order valence-electron chi connectivity index (χ1n) is 7.91. The Hall–Kier alpha value is -2.39. The largest absolute Gasteiger partial charge is 0.490 e. The molecule has 0 aliphatic carbocycles. The van der Waals surface area contributed by atoms with Crippen molar-refractivity contribution in [3.05, 3.63) is 72.4 Å². The van der Waals surface area contributed by atoms with Crippen LogP contribution >= 0.6 is 0 Å². The van der Waals surface area contributed by atoms with Crippen LogP contribution in [-0.4, -0.2) is 36.6 Å². The Kier molecular flexibility index (Phi) is 4.89. The molecule has 2 aromatic carbocycles. The summed E-state index contributed by atoms with van der Waals surface area (Å²) in [6, 6.07) is 20.9. The summed E-state index contributed by atoms with van der Waals surface area (Å²) in [5.74, 6) is 0.850. The maximum absolute atomic E-state index is 6.11. The maximum atomic E-state index is 6.11. The van der Waals surface area contributed by atoms with E-state index < -0.39 is 0 Å². The van der Waals surface area contributed by atoms with E-state index >= 15 is 0 Å². The zero-order valence-corrected chi connectivity index (χ0v) is 13.6. The van der Waals surface area contributed by atoms with Gasteiger partial charge in [0, 0.05) is 17.6 Å². The summed E-state index contributed by atoms with van der Waals surface area (Å²) < 4.78 is 6.11. The summed E-state index contributed by atoms with van der Waals surface area (Å²) in [7, 11) is 4.19. The molecule has 0 radical (unpaired) electrons. The van der Waals surface area contributed by atoms with Gasteiger partial charge in [0.15, 0.2) is 0 Å². The molecule has 0 fully saturated rings. The predicted octanol–water partition coefficient (Wildman–Crippen LogP) is 3.79. The SMILES string of the molecule is CN(C)[C@H](COc1cccc2cccnc12)Cc1ccccc1. The number of ether oxygens (including phenoxy) is 1. The van der Waals surface area contributed by atoms with Crippen molar-refractivity contribution in [1.29, 1.82) is 0 Å². The number of nitrogens with zero attached hydrogens (tertiary/aromatic N) is 2. The molecule has 1 aromatic heterocycles. The Morgan fingerprint density at radius 3 is 2.52 bits per heavy atom. The van der Waals surface area contributed by atoms with E-state index in [1.165, 1.54) is 5.56 Å². The summed E-state index contributed by atoms with van der Waals surface area (Å²) in [5, 5.41) is 1.11. The minimum absolute atomic E-state index is 0.316. The molecule has 0 unspecified atom stereocenters. The fourth-order valence-corrected chi connectivity index (χ4v) is 2.66. The van der Waals surface area contributed by atoms with Crippen LogP contribution in [0.3, 0.4) is 0 Å². The van der Waals surface area contributed by atoms with E-state index in [2.05, 4.69) is 60.4 Å². The molecule has 0 saturated heterocycles. The van der Waals surface area contributed by atoms with Gasteiger partial charge in [-0.15, -0.1) is 0 Å². The molecule has 3 aromatic rings. The molecule has 0 saturated carbocycles. The minimum atomic E-state index is 0.316. The first-order valence-corrected chi connectivity index (χ1v) is 7.91. The molecule has 3 nitrogen and oxygen atoms in total. The van der Waals surface area contributed by atoms with Crippen LogP contribution in [0, 0.1) is 0 Å². The third kappa shape index (κ3) is 3.88. The van der Waals surface area contributed by atoms with Crippen LogP contribution in [0.2, 0.25) is 0 Å². The number of hydrogen-bond acceptors (Lipinski definition) is 3. The second kappa shape index (κ2) is 7.25. The second-order valence-corrected chi connectivity index (χ2v) is 5.95.